The molecule has 0 bridgehead atoms. The third-order valence-corrected chi connectivity index (χ3v) is 4.42. The van der Waals surface area contributed by atoms with Gasteiger partial charge in [0.05, 0.1) is 25.6 Å². The number of nitrogens with zero attached hydrogens (tertiary/aromatic N) is 2. The van der Waals surface area contributed by atoms with Crippen molar-refractivity contribution < 1.29 is 14.3 Å². The number of benzene rings is 2. The summed E-state index contributed by atoms with van der Waals surface area (Å²) in [6, 6.07) is 14.3. The molecule has 3 aromatic rings. The van der Waals surface area contributed by atoms with Crippen LogP contribution in [0.3, 0.4) is 0 Å². The molecular weight excluding hydrogens is 380 g/mol. The molecule has 0 aliphatic heterocycles. The topological polar surface area (TPSA) is 88.6 Å². The van der Waals surface area contributed by atoms with Crippen LogP contribution in [-0.4, -0.2) is 36.0 Å². The zero-order chi connectivity index (χ0) is 20.1. The van der Waals surface area contributed by atoms with Crippen molar-refractivity contribution in [3.05, 3.63) is 64.8 Å². The molecule has 7 nitrogen and oxygen atoms in total. The number of methoxy groups -OCH3 is 2. The molecule has 0 aliphatic rings. The highest BCUT2D eigenvalue weighted by Gasteiger charge is 2.13. The molecule has 1 amide bonds. The van der Waals surface area contributed by atoms with E-state index >= 15 is 0 Å². The van der Waals surface area contributed by atoms with E-state index in [1.165, 1.54) is 0 Å². The summed E-state index contributed by atoms with van der Waals surface area (Å²) in [6.45, 7) is 1.77. The number of nitrogens with one attached hydrogen (secondary N) is 2. The van der Waals surface area contributed by atoms with Crippen LogP contribution >= 0.6 is 11.6 Å². The van der Waals surface area contributed by atoms with E-state index in [0.717, 1.165) is 11.1 Å². The van der Waals surface area contributed by atoms with Crippen molar-refractivity contribution in [2.24, 2.45) is 5.10 Å². The Morgan fingerprint density at radius 1 is 1.11 bits per heavy atom. The van der Waals surface area contributed by atoms with Crippen LogP contribution in [0.15, 0.2) is 53.6 Å². The Morgan fingerprint density at radius 3 is 2.57 bits per heavy atom. The molecule has 0 fully saturated rings. The minimum Gasteiger partial charge on any atom is -0.493 e. The van der Waals surface area contributed by atoms with Crippen molar-refractivity contribution in [1.29, 1.82) is 0 Å². The smallest absolute Gasteiger partial charge is 0.289 e. The predicted molar refractivity (Wildman–Crippen MR) is 108 cm³/mol. The summed E-state index contributed by atoms with van der Waals surface area (Å²) in [5, 5.41) is 11.6. The largest absolute Gasteiger partial charge is 0.493 e. The van der Waals surface area contributed by atoms with Crippen LogP contribution in [0.5, 0.6) is 11.5 Å². The van der Waals surface area contributed by atoms with Gasteiger partial charge in [-0.15, -0.1) is 0 Å². The molecule has 0 spiro atoms. The van der Waals surface area contributed by atoms with Crippen molar-refractivity contribution in [1.82, 2.24) is 15.6 Å². The maximum atomic E-state index is 12.4. The molecule has 1 heterocycles. The minimum atomic E-state index is -0.411. The molecule has 2 N–H and O–H groups in total. The van der Waals surface area contributed by atoms with Crippen molar-refractivity contribution in [3.8, 4) is 22.8 Å². The van der Waals surface area contributed by atoms with Crippen molar-refractivity contribution in [3.63, 3.8) is 0 Å². The molecule has 0 radical (unpaired) electrons. The van der Waals surface area contributed by atoms with Gasteiger partial charge in [0.1, 0.15) is 5.69 Å². The maximum absolute atomic E-state index is 12.4. The van der Waals surface area contributed by atoms with Crippen molar-refractivity contribution >= 4 is 23.2 Å². The van der Waals surface area contributed by atoms with Gasteiger partial charge in [0.25, 0.3) is 5.91 Å². The molecule has 1 aromatic heterocycles. The maximum Gasteiger partial charge on any atom is 0.289 e. The van der Waals surface area contributed by atoms with Gasteiger partial charge >= 0.3 is 0 Å². The van der Waals surface area contributed by atoms with Gasteiger partial charge in [-0.3, -0.25) is 9.89 Å². The van der Waals surface area contributed by atoms with Gasteiger partial charge in [0.2, 0.25) is 0 Å². The average molecular weight is 399 g/mol. The van der Waals surface area contributed by atoms with Crippen LogP contribution in [0.25, 0.3) is 11.3 Å². The SMILES string of the molecule is COc1ccc(-c2cc(C(=O)NN=C(C)c3ccccc3Cl)[nH]n2)cc1OC. The number of halogens is 1. The van der Waals surface area contributed by atoms with E-state index < -0.39 is 5.91 Å². The molecule has 0 saturated heterocycles. The molecule has 144 valence electrons. The number of carbonyl (C=O) groups excluding carboxylic acids is 1. The number of rotatable bonds is 6. The van der Waals surface area contributed by atoms with Gasteiger partial charge < -0.3 is 9.47 Å². The normalized spacial score (nSPS) is 11.2. The first-order valence-corrected chi connectivity index (χ1v) is 8.78. The fourth-order valence-corrected chi connectivity index (χ4v) is 2.86. The second kappa shape index (κ2) is 8.58. The monoisotopic (exact) mass is 398 g/mol. The Kier molecular flexibility index (Phi) is 5.96. The molecule has 2 aromatic carbocycles. The molecule has 28 heavy (non-hydrogen) atoms. The molecule has 0 aliphatic carbocycles. The number of carbonyl (C=O) groups is 1. The summed E-state index contributed by atoms with van der Waals surface area (Å²) in [5.74, 6) is 0.781. The number of hydrogen-bond donors (Lipinski definition) is 2. The number of aromatic nitrogens is 2. The fraction of sp³-hybridized carbons (Fsp3) is 0.150. The first kappa shape index (κ1) is 19.4. The van der Waals surface area contributed by atoms with Crippen molar-refractivity contribution in [2.75, 3.05) is 14.2 Å². The Bertz CT molecular complexity index is 1030. The molecular formula is C20H19ClN4O3. The van der Waals surface area contributed by atoms with Gasteiger partial charge in [-0.05, 0) is 37.3 Å². The third kappa shape index (κ3) is 4.15. The van der Waals surface area contributed by atoms with Crippen LogP contribution in [0.4, 0.5) is 0 Å². The Balaban J connectivity index is 1.76. The average Bonchev–Trinajstić information content (AvgIpc) is 3.22. The highest BCUT2D eigenvalue weighted by atomic mass is 35.5. The van der Waals surface area contributed by atoms with Gasteiger partial charge in [-0.1, -0.05) is 29.8 Å². The van der Waals surface area contributed by atoms with Crippen molar-refractivity contribution in [2.45, 2.75) is 6.92 Å². The van der Waals surface area contributed by atoms with Crippen LogP contribution in [0, 0.1) is 0 Å². The number of ether oxygens (including phenoxy) is 2. The number of hydrogen-bond acceptors (Lipinski definition) is 5. The summed E-state index contributed by atoms with van der Waals surface area (Å²) < 4.78 is 10.5. The Labute approximate surface area is 167 Å². The van der Waals surface area contributed by atoms with Crippen LogP contribution in [0.1, 0.15) is 23.0 Å². The minimum absolute atomic E-state index is 0.278. The lowest BCUT2D eigenvalue weighted by Gasteiger charge is -2.08. The summed E-state index contributed by atoms with van der Waals surface area (Å²) in [4.78, 5) is 12.4. The fourth-order valence-electron chi connectivity index (χ4n) is 2.59. The lowest BCUT2D eigenvalue weighted by molar-refractivity contribution is 0.0950. The zero-order valence-electron chi connectivity index (χ0n) is 15.6. The molecule has 3 rings (SSSR count). The van der Waals surface area contributed by atoms with Gasteiger partial charge in [-0.2, -0.15) is 10.2 Å². The quantitative estimate of drug-likeness (QED) is 0.486. The van der Waals surface area contributed by atoms with E-state index in [4.69, 9.17) is 21.1 Å². The summed E-state index contributed by atoms with van der Waals surface area (Å²) >= 11 is 6.14. The highest BCUT2D eigenvalue weighted by molar-refractivity contribution is 6.34. The number of aromatic amines is 1. The van der Waals surface area contributed by atoms with E-state index in [2.05, 4.69) is 20.7 Å². The van der Waals surface area contributed by atoms with E-state index in [1.807, 2.05) is 24.3 Å². The predicted octanol–water partition coefficient (Wildman–Crippen LogP) is 3.90. The number of H-pyrrole nitrogens is 1. The molecule has 0 saturated carbocycles. The van der Waals surface area contributed by atoms with Gasteiger partial charge in [-0.25, -0.2) is 5.43 Å². The van der Waals surface area contributed by atoms with E-state index in [1.54, 1.807) is 45.4 Å². The van der Waals surface area contributed by atoms with E-state index in [-0.39, 0.29) is 5.69 Å². The Hall–Kier alpha value is -3.32. The van der Waals surface area contributed by atoms with Crippen LogP contribution < -0.4 is 14.9 Å². The van der Waals surface area contributed by atoms with Crippen LogP contribution in [0.2, 0.25) is 5.02 Å². The first-order chi connectivity index (χ1) is 13.5. The highest BCUT2D eigenvalue weighted by Crippen LogP contribution is 2.31. The van der Waals surface area contributed by atoms with Crippen LogP contribution in [-0.2, 0) is 0 Å². The lowest BCUT2D eigenvalue weighted by atomic mass is 10.1. The molecule has 0 unspecified atom stereocenters. The zero-order valence-corrected chi connectivity index (χ0v) is 16.4. The summed E-state index contributed by atoms with van der Waals surface area (Å²) in [7, 11) is 3.13. The van der Waals surface area contributed by atoms with Gasteiger partial charge in [0, 0.05) is 16.1 Å². The second-order valence-corrected chi connectivity index (χ2v) is 6.26. The lowest BCUT2D eigenvalue weighted by Crippen LogP contribution is -2.19. The van der Waals surface area contributed by atoms with Gasteiger partial charge in [0.15, 0.2) is 11.5 Å². The first-order valence-electron chi connectivity index (χ1n) is 8.41. The molecule has 0 atom stereocenters. The summed E-state index contributed by atoms with van der Waals surface area (Å²) in [5.41, 5.74) is 5.51. The van der Waals surface area contributed by atoms with E-state index in [9.17, 15) is 4.79 Å². The number of amides is 1. The Morgan fingerprint density at radius 2 is 1.86 bits per heavy atom. The summed E-state index contributed by atoms with van der Waals surface area (Å²) in [6.07, 6.45) is 0. The number of hydrazone groups is 1. The third-order valence-electron chi connectivity index (χ3n) is 4.09. The van der Waals surface area contributed by atoms with E-state index in [0.29, 0.717) is 27.9 Å². The standard InChI is InChI=1S/C20H19ClN4O3/c1-12(14-6-4-5-7-15(14)21)22-25-20(26)17-11-16(23-24-17)13-8-9-18(27-2)19(10-13)28-3/h4-11H,1-3H3,(H,23,24)(H,25,26). The second-order valence-electron chi connectivity index (χ2n) is 5.85. The molecule has 8 heteroatoms.